The van der Waals surface area contributed by atoms with Crippen LogP contribution >= 0.6 is 0 Å². The van der Waals surface area contributed by atoms with Crippen LogP contribution in [0.5, 0.6) is 0 Å². The van der Waals surface area contributed by atoms with E-state index in [4.69, 9.17) is 0 Å². The minimum Gasteiger partial charge on any atom is -0.392 e. The quantitative estimate of drug-likeness (QED) is 0.776. The van der Waals surface area contributed by atoms with Crippen molar-refractivity contribution in [1.82, 2.24) is 5.32 Å². The number of nitrogens with one attached hydrogen (secondary N) is 1. The van der Waals surface area contributed by atoms with Crippen molar-refractivity contribution in [3.8, 4) is 0 Å². The van der Waals surface area contributed by atoms with Crippen LogP contribution in [-0.4, -0.2) is 23.3 Å². The summed E-state index contributed by atoms with van der Waals surface area (Å²) in [7, 11) is 0. The summed E-state index contributed by atoms with van der Waals surface area (Å²) in [5, 5.41) is 13.6. The van der Waals surface area contributed by atoms with Gasteiger partial charge in [-0.15, -0.1) is 0 Å². The number of hydrogen-bond acceptors (Lipinski definition) is 2. The molecule has 2 aliphatic rings. The topological polar surface area (TPSA) is 32.3 Å². The highest BCUT2D eigenvalue weighted by atomic mass is 16.3. The van der Waals surface area contributed by atoms with Gasteiger partial charge >= 0.3 is 0 Å². The van der Waals surface area contributed by atoms with Gasteiger partial charge in [-0.25, -0.2) is 0 Å². The van der Waals surface area contributed by atoms with Gasteiger partial charge in [-0.2, -0.15) is 0 Å². The third kappa shape index (κ3) is 3.45. The maximum atomic E-state index is 9.92. The lowest BCUT2D eigenvalue weighted by atomic mass is 9.63. The minimum absolute atomic E-state index is 0.108. The summed E-state index contributed by atoms with van der Waals surface area (Å²) in [5.41, 5.74) is 0.867. The van der Waals surface area contributed by atoms with Gasteiger partial charge in [-0.1, -0.05) is 27.7 Å². The Morgan fingerprint density at radius 2 is 1.59 bits per heavy atom. The zero-order chi connectivity index (χ0) is 12.7. The Bertz CT molecular complexity index is 256. The van der Waals surface area contributed by atoms with Crippen molar-refractivity contribution < 1.29 is 5.11 Å². The second-order valence-corrected chi connectivity index (χ2v) is 7.88. The van der Waals surface area contributed by atoms with Gasteiger partial charge in [0.05, 0.1) is 6.10 Å². The van der Waals surface area contributed by atoms with Crippen molar-refractivity contribution in [3.05, 3.63) is 0 Å². The molecule has 0 bridgehead atoms. The van der Waals surface area contributed by atoms with Crippen molar-refractivity contribution in [1.29, 1.82) is 0 Å². The van der Waals surface area contributed by atoms with E-state index < -0.39 is 0 Å². The van der Waals surface area contributed by atoms with Crippen molar-refractivity contribution in [2.45, 2.75) is 84.4 Å². The van der Waals surface area contributed by atoms with E-state index in [-0.39, 0.29) is 6.10 Å². The fraction of sp³-hybridized carbons (Fsp3) is 1.00. The minimum atomic E-state index is -0.108. The van der Waals surface area contributed by atoms with Crippen LogP contribution in [0.1, 0.15) is 66.2 Å². The van der Waals surface area contributed by atoms with Crippen LogP contribution in [0.15, 0.2) is 0 Å². The molecule has 0 saturated heterocycles. The molecule has 0 aromatic heterocycles. The molecule has 100 valence electrons. The molecule has 0 aromatic carbocycles. The zero-order valence-corrected chi connectivity index (χ0v) is 11.9. The van der Waals surface area contributed by atoms with Crippen LogP contribution in [0.25, 0.3) is 0 Å². The third-order valence-electron chi connectivity index (χ3n) is 4.48. The lowest BCUT2D eigenvalue weighted by Gasteiger charge is -2.46. The highest BCUT2D eigenvalue weighted by molar-refractivity contribution is 4.95. The van der Waals surface area contributed by atoms with E-state index in [1.807, 2.05) is 0 Å². The van der Waals surface area contributed by atoms with Gasteiger partial charge < -0.3 is 10.4 Å². The van der Waals surface area contributed by atoms with E-state index in [1.54, 1.807) is 0 Å². The highest BCUT2D eigenvalue weighted by Gasteiger charge is 2.39. The molecule has 0 aromatic rings. The number of rotatable bonds is 2. The number of aliphatic hydroxyl groups is 1. The summed E-state index contributed by atoms with van der Waals surface area (Å²) >= 11 is 0. The first-order valence-electron chi connectivity index (χ1n) is 7.22. The van der Waals surface area contributed by atoms with E-state index in [0.717, 1.165) is 12.8 Å². The molecule has 0 unspecified atom stereocenters. The molecule has 0 radical (unpaired) electrons. The monoisotopic (exact) mass is 239 g/mol. The first-order valence-corrected chi connectivity index (χ1v) is 7.22. The predicted octanol–water partition coefficient (Wildman–Crippen LogP) is 3.09. The fourth-order valence-electron chi connectivity index (χ4n) is 4.40. The van der Waals surface area contributed by atoms with Crippen molar-refractivity contribution >= 4 is 0 Å². The molecule has 2 aliphatic carbocycles. The average Bonchev–Trinajstić information content (AvgIpc) is 2.45. The molecule has 2 saturated carbocycles. The first-order chi connectivity index (χ1) is 7.77. The van der Waals surface area contributed by atoms with Crippen LogP contribution < -0.4 is 5.32 Å². The maximum Gasteiger partial charge on any atom is 0.0693 e. The summed E-state index contributed by atoms with van der Waals surface area (Å²) in [4.78, 5) is 0. The van der Waals surface area contributed by atoms with Crippen molar-refractivity contribution in [2.75, 3.05) is 0 Å². The summed E-state index contributed by atoms with van der Waals surface area (Å²) < 4.78 is 0. The van der Waals surface area contributed by atoms with Crippen LogP contribution in [-0.2, 0) is 0 Å². The Labute approximate surface area is 106 Å². The van der Waals surface area contributed by atoms with Gasteiger partial charge in [-0.05, 0) is 49.4 Å². The van der Waals surface area contributed by atoms with Gasteiger partial charge in [0, 0.05) is 12.1 Å². The normalized spacial score (nSPS) is 37.2. The van der Waals surface area contributed by atoms with E-state index >= 15 is 0 Å². The predicted molar refractivity (Wildman–Crippen MR) is 72.0 cm³/mol. The Balaban J connectivity index is 1.96. The average molecular weight is 239 g/mol. The molecule has 0 heterocycles. The van der Waals surface area contributed by atoms with Crippen LogP contribution in [0.4, 0.5) is 0 Å². The molecule has 0 amide bonds. The Morgan fingerprint density at radius 1 is 1.00 bits per heavy atom. The second kappa shape index (κ2) is 4.55. The smallest absolute Gasteiger partial charge is 0.0693 e. The largest absolute Gasteiger partial charge is 0.392 e. The van der Waals surface area contributed by atoms with Gasteiger partial charge in [0.15, 0.2) is 0 Å². The lowest BCUT2D eigenvalue weighted by Crippen LogP contribution is -2.49. The molecule has 0 spiro atoms. The standard InChI is InChI=1S/C15H29NO/c1-14(2)8-11(9-15(3,4)10-14)16-12-6-5-7-13(12)17/h11-13,16-17H,5-10H2,1-4H3/t12-,13-/m0/s1. The van der Waals surface area contributed by atoms with Gasteiger partial charge in [0.1, 0.15) is 0 Å². The van der Waals surface area contributed by atoms with Gasteiger partial charge in [-0.3, -0.25) is 0 Å². The van der Waals surface area contributed by atoms with E-state index in [0.29, 0.717) is 22.9 Å². The Hall–Kier alpha value is -0.0800. The molecule has 17 heavy (non-hydrogen) atoms. The molecule has 0 aliphatic heterocycles. The van der Waals surface area contributed by atoms with Crippen molar-refractivity contribution in [3.63, 3.8) is 0 Å². The van der Waals surface area contributed by atoms with E-state index in [9.17, 15) is 5.11 Å². The molecule has 2 atom stereocenters. The fourth-order valence-corrected chi connectivity index (χ4v) is 4.40. The van der Waals surface area contributed by atoms with Crippen molar-refractivity contribution in [2.24, 2.45) is 10.8 Å². The van der Waals surface area contributed by atoms with Crippen LogP contribution in [0.3, 0.4) is 0 Å². The first kappa shape index (κ1) is 13.4. The van der Waals surface area contributed by atoms with Crippen LogP contribution in [0.2, 0.25) is 0 Å². The summed E-state index contributed by atoms with van der Waals surface area (Å²) in [6, 6.07) is 0.941. The van der Waals surface area contributed by atoms with Crippen LogP contribution in [0, 0.1) is 10.8 Å². The molecule has 2 fully saturated rings. The summed E-state index contributed by atoms with van der Waals surface area (Å²) in [6.07, 6.45) is 7.02. The summed E-state index contributed by atoms with van der Waals surface area (Å²) in [5.74, 6) is 0. The Morgan fingerprint density at radius 3 is 2.06 bits per heavy atom. The van der Waals surface area contributed by atoms with E-state index in [1.165, 1.54) is 25.7 Å². The molecule has 2 rings (SSSR count). The third-order valence-corrected chi connectivity index (χ3v) is 4.48. The summed E-state index contributed by atoms with van der Waals surface area (Å²) in [6.45, 7) is 9.53. The highest BCUT2D eigenvalue weighted by Crippen LogP contribution is 2.46. The van der Waals surface area contributed by atoms with Gasteiger partial charge in [0.2, 0.25) is 0 Å². The lowest BCUT2D eigenvalue weighted by molar-refractivity contribution is 0.0661. The SMILES string of the molecule is CC1(C)CC(N[C@H]2CCC[C@@H]2O)CC(C)(C)C1. The van der Waals surface area contributed by atoms with Gasteiger partial charge in [0.25, 0.3) is 0 Å². The maximum absolute atomic E-state index is 9.92. The molecular formula is C15H29NO. The Kier molecular flexibility index (Phi) is 3.57. The molecule has 2 heteroatoms. The molecule has 2 nitrogen and oxygen atoms in total. The number of aliphatic hydroxyl groups excluding tert-OH is 1. The second-order valence-electron chi connectivity index (χ2n) is 7.88. The molecule has 2 N–H and O–H groups in total. The van der Waals surface area contributed by atoms with E-state index in [2.05, 4.69) is 33.0 Å². The molecular weight excluding hydrogens is 210 g/mol. The number of hydrogen-bond donors (Lipinski definition) is 2. The zero-order valence-electron chi connectivity index (χ0n) is 11.9.